The number of carbonyl (C=O) groups excluding carboxylic acids is 1. The van der Waals surface area contributed by atoms with Gasteiger partial charge in [0, 0.05) is 4.88 Å². The minimum Gasteiger partial charge on any atom is -0.481 e. The van der Waals surface area contributed by atoms with Crippen LogP contribution in [-0.2, 0) is 9.59 Å². The van der Waals surface area contributed by atoms with Gasteiger partial charge in [-0.3, -0.25) is 9.59 Å². The molecule has 1 aromatic heterocycles. The first-order chi connectivity index (χ1) is 8.20. The number of hydrogen-bond donors (Lipinski definition) is 2. The second-order valence-electron chi connectivity index (χ2n) is 3.26. The fourth-order valence-electron chi connectivity index (χ4n) is 1.15. The largest absolute Gasteiger partial charge is 0.481 e. The Labute approximate surface area is 112 Å². The van der Waals surface area contributed by atoms with Gasteiger partial charge in [0.25, 0.3) is 0 Å². The van der Waals surface area contributed by atoms with Gasteiger partial charge >= 0.3 is 18.1 Å². The minimum absolute atomic E-state index is 0.335. The average molecular weight is 346 g/mol. The third-order valence-electron chi connectivity index (χ3n) is 1.88. The zero-order valence-corrected chi connectivity index (χ0v) is 11.0. The standard InChI is InChI=1S/C9H7BrF3NO3S/c10-6-2-1-5(18-6)4(3-7(15)16)14-8(17)9(11,12)13/h1-2,4H,3H2,(H,14,17)(H,15,16)/t4-/m1/s1. The van der Waals surface area contributed by atoms with Crippen molar-refractivity contribution in [2.24, 2.45) is 0 Å². The summed E-state index contributed by atoms with van der Waals surface area (Å²) in [6.07, 6.45) is -5.65. The van der Waals surface area contributed by atoms with Crippen molar-refractivity contribution in [1.82, 2.24) is 5.32 Å². The molecule has 0 aliphatic carbocycles. The molecule has 2 N–H and O–H groups in total. The van der Waals surface area contributed by atoms with E-state index in [1.54, 1.807) is 11.4 Å². The van der Waals surface area contributed by atoms with Crippen molar-refractivity contribution in [1.29, 1.82) is 0 Å². The first kappa shape index (κ1) is 15.0. The van der Waals surface area contributed by atoms with Crippen LogP contribution in [0, 0.1) is 0 Å². The van der Waals surface area contributed by atoms with Crippen LogP contribution in [0.4, 0.5) is 13.2 Å². The molecule has 0 saturated carbocycles. The SMILES string of the molecule is O=C(O)C[C@@H](NC(=O)C(F)(F)F)c1ccc(Br)s1. The third-order valence-corrected chi connectivity index (χ3v) is 3.62. The highest BCUT2D eigenvalue weighted by Crippen LogP contribution is 2.30. The number of carboxylic acid groups (broad SMARTS) is 1. The summed E-state index contributed by atoms with van der Waals surface area (Å²) in [6.45, 7) is 0. The Morgan fingerprint density at radius 2 is 2.06 bits per heavy atom. The van der Waals surface area contributed by atoms with Crippen LogP contribution in [-0.4, -0.2) is 23.2 Å². The Kier molecular flexibility index (Phi) is 4.74. The topological polar surface area (TPSA) is 66.4 Å². The molecule has 0 fully saturated rings. The van der Waals surface area contributed by atoms with Gasteiger partial charge in [0.15, 0.2) is 0 Å². The average Bonchev–Trinajstić information content (AvgIpc) is 2.61. The van der Waals surface area contributed by atoms with Crippen LogP contribution in [0.1, 0.15) is 17.3 Å². The Morgan fingerprint density at radius 3 is 2.44 bits per heavy atom. The molecule has 1 heterocycles. The molecule has 18 heavy (non-hydrogen) atoms. The van der Waals surface area contributed by atoms with E-state index in [0.717, 1.165) is 11.3 Å². The first-order valence-corrected chi connectivity index (χ1v) is 6.16. The molecule has 0 aliphatic heterocycles. The van der Waals surface area contributed by atoms with Crippen LogP contribution in [0.15, 0.2) is 15.9 Å². The van der Waals surface area contributed by atoms with E-state index in [-0.39, 0.29) is 0 Å². The van der Waals surface area contributed by atoms with Crippen molar-refractivity contribution in [3.05, 3.63) is 20.8 Å². The lowest BCUT2D eigenvalue weighted by molar-refractivity contribution is -0.174. The van der Waals surface area contributed by atoms with E-state index in [4.69, 9.17) is 5.11 Å². The number of halogens is 4. The molecule has 4 nitrogen and oxygen atoms in total. The van der Waals surface area contributed by atoms with Crippen LogP contribution in [0.25, 0.3) is 0 Å². The summed E-state index contributed by atoms with van der Waals surface area (Å²) in [4.78, 5) is 21.7. The maximum atomic E-state index is 12.1. The number of aliphatic carboxylic acids is 1. The van der Waals surface area contributed by atoms with Crippen LogP contribution in [0.5, 0.6) is 0 Å². The molecule has 1 aromatic rings. The second kappa shape index (κ2) is 5.70. The highest BCUT2D eigenvalue weighted by atomic mass is 79.9. The molecule has 0 spiro atoms. The molecule has 0 bridgehead atoms. The smallest absolute Gasteiger partial charge is 0.471 e. The number of carbonyl (C=O) groups is 2. The molecular formula is C9H7BrF3NO3S. The van der Waals surface area contributed by atoms with Crippen LogP contribution in [0.3, 0.4) is 0 Å². The van der Waals surface area contributed by atoms with Crippen molar-refractivity contribution in [2.75, 3.05) is 0 Å². The molecule has 1 rings (SSSR count). The molecule has 1 atom stereocenters. The summed E-state index contributed by atoms with van der Waals surface area (Å²) >= 11 is 4.17. The van der Waals surface area contributed by atoms with Gasteiger partial charge in [0.1, 0.15) is 0 Å². The lowest BCUT2D eigenvalue weighted by atomic mass is 10.1. The molecule has 0 aromatic carbocycles. The van der Waals surface area contributed by atoms with Crippen LogP contribution >= 0.6 is 27.3 Å². The Balaban J connectivity index is 2.86. The zero-order chi connectivity index (χ0) is 13.9. The van der Waals surface area contributed by atoms with Gasteiger partial charge in [0.05, 0.1) is 16.2 Å². The third kappa shape index (κ3) is 4.30. The number of carboxylic acids is 1. The van der Waals surface area contributed by atoms with E-state index < -0.39 is 30.5 Å². The number of nitrogens with one attached hydrogen (secondary N) is 1. The van der Waals surface area contributed by atoms with E-state index in [1.165, 1.54) is 6.07 Å². The quantitative estimate of drug-likeness (QED) is 0.881. The zero-order valence-electron chi connectivity index (χ0n) is 8.62. The number of hydrogen-bond acceptors (Lipinski definition) is 3. The summed E-state index contributed by atoms with van der Waals surface area (Å²) < 4.78 is 36.9. The van der Waals surface area contributed by atoms with E-state index >= 15 is 0 Å². The monoisotopic (exact) mass is 345 g/mol. The van der Waals surface area contributed by atoms with Gasteiger partial charge in [0.2, 0.25) is 0 Å². The Morgan fingerprint density at radius 1 is 1.44 bits per heavy atom. The molecule has 0 aliphatic rings. The fraction of sp³-hybridized carbons (Fsp3) is 0.333. The summed E-state index contributed by atoms with van der Waals surface area (Å²) in [7, 11) is 0. The van der Waals surface area contributed by atoms with Gasteiger partial charge in [-0.1, -0.05) is 0 Å². The maximum Gasteiger partial charge on any atom is 0.471 e. The maximum absolute atomic E-state index is 12.1. The fourth-order valence-corrected chi connectivity index (χ4v) is 2.63. The van der Waals surface area contributed by atoms with Crippen molar-refractivity contribution >= 4 is 39.1 Å². The highest BCUT2D eigenvalue weighted by molar-refractivity contribution is 9.11. The van der Waals surface area contributed by atoms with Crippen molar-refractivity contribution < 1.29 is 27.9 Å². The Hall–Kier alpha value is -1.09. The lowest BCUT2D eigenvalue weighted by Crippen LogP contribution is -2.39. The number of amides is 1. The molecule has 0 unspecified atom stereocenters. The van der Waals surface area contributed by atoms with Crippen molar-refractivity contribution in [3.63, 3.8) is 0 Å². The van der Waals surface area contributed by atoms with E-state index in [0.29, 0.717) is 8.66 Å². The number of rotatable bonds is 4. The van der Waals surface area contributed by atoms with E-state index in [2.05, 4.69) is 15.9 Å². The molecule has 9 heteroatoms. The summed E-state index contributed by atoms with van der Waals surface area (Å²) in [5.41, 5.74) is 0. The van der Waals surface area contributed by atoms with Gasteiger partial charge in [-0.15, -0.1) is 11.3 Å². The minimum atomic E-state index is -5.04. The lowest BCUT2D eigenvalue weighted by Gasteiger charge is -2.16. The van der Waals surface area contributed by atoms with Crippen LogP contribution < -0.4 is 5.32 Å². The predicted octanol–water partition coefficient (Wildman–Crippen LogP) is 2.70. The number of alkyl halides is 3. The van der Waals surface area contributed by atoms with E-state index in [1.807, 2.05) is 0 Å². The summed E-state index contributed by atoms with van der Waals surface area (Å²) in [5.74, 6) is -3.45. The molecule has 100 valence electrons. The predicted molar refractivity (Wildman–Crippen MR) is 61.2 cm³/mol. The van der Waals surface area contributed by atoms with Crippen LogP contribution in [0.2, 0.25) is 0 Å². The normalized spacial score (nSPS) is 13.1. The summed E-state index contributed by atoms with van der Waals surface area (Å²) in [5, 5.41) is 10.3. The molecule has 0 radical (unpaired) electrons. The van der Waals surface area contributed by atoms with Gasteiger partial charge in [-0.05, 0) is 28.1 Å². The van der Waals surface area contributed by atoms with Crippen molar-refractivity contribution in [2.45, 2.75) is 18.6 Å². The molecule has 0 saturated heterocycles. The van der Waals surface area contributed by atoms with Gasteiger partial charge < -0.3 is 10.4 Å². The number of thiophene rings is 1. The highest BCUT2D eigenvalue weighted by Gasteiger charge is 2.40. The molecular weight excluding hydrogens is 339 g/mol. The molecule has 1 amide bonds. The van der Waals surface area contributed by atoms with Crippen molar-refractivity contribution in [3.8, 4) is 0 Å². The van der Waals surface area contributed by atoms with E-state index in [9.17, 15) is 22.8 Å². The van der Waals surface area contributed by atoms with Gasteiger partial charge in [-0.2, -0.15) is 13.2 Å². The second-order valence-corrected chi connectivity index (χ2v) is 5.76. The Bertz CT molecular complexity index is 460. The van der Waals surface area contributed by atoms with Gasteiger partial charge in [-0.25, -0.2) is 0 Å². The summed E-state index contributed by atoms with van der Waals surface area (Å²) in [6, 6.07) is 1.82. The first-order valence-electron chi connectivity index (χ1n) is 4.55.